The van der Waals surface area contributed by atoms with Crippen molar-refractivity contribution in [2.75, 3.05) is 44.8 Å². The molecule has 7 heteroatoms. The molecule has 0 saturated carbocycles. The van der Waals surface area contributed by atoms with Crippen LogP contribution in [0.25, 0.3) is 17.3 Å². The molecule has 1 aliphatic rings. The van der Waals surface area contributed by atoms with E-state index < -0.39 is 0 Å². The third-order valence-corrected chi connectivity index (χ3v) is 5.56. The van der Waals surface area contributed by atoms with Gasteiger partial charge < -0.3 is 19.3 Å². The molecule has 1 aromatic heterocycles. The molecule has 0 bridgehead atoms. The van der Waals surface area contributed by atoms with Crippen molar-refractivity contribution in [3.8, 4) is 22.8 Å². The summed E-state index contributed by atoms with van der Waals surface area (Å²) in [6.07, 6.45) is 5.06. The van der Waals surface area contributed by atoms with Gasteiger partial charge in [0.2, 0.25) is 5.91 Å². The van der Waals surface area contributed by atoms with Gasteiger partial charge in [-0.3, -0.25) is 4.79 Å². The Balaban J connectivity index is 1.35. The van der Waals surface area contributed by atoms with Crippen LogP contribution in [0, 0.1) is 0 Å². The fourth-order valence-electron chi connectivity index (χ4n) is 3.71. The fourth-order valence-corrected chi connectivity index (χ4v) is 3.71. The molecular weight excluding hydrogens is 416 g/mol. The minimum absolute atomic E-state index is 0.0169. The second kappa shape index (κ2) is 10.6. The molecule has 0 atom stereocenters. The van der Waals surface area contributed by atoms with Gasteiger partial charge in [-0.2, -0.15) is 0 Å². The Labute approximate surface area is 194 Å². The lowest BCUT2D eigenvalue weighted by Crippen LogP contribution is -2.48. The first kappa shape index (κ1) is 22.3. The number of aromatic nitrogens is 2. The van der Waals surface area contributed by atoms with Gasteiger partial charge in [-0.25, -0.2) is 9.97 Å². The van der Waals surface area contributed by atoms with Crippen LogP contribution in [-0.2, 0) is 4.79 Å². The minimum Gasteiger partial charge on any atom is -0.497 e. The summed E-state index contributed by atoms with van der Waals surface area (Å²) in [6.45, 7) is 5.35. The lowest BCUT2D eigenvalue weighted by Gasteiger charge is -2.35. The van der Waals surface area contributed by atoms with Gasteiger partial charge in [-0.05, 0) is 55.0 Å². The Bertz CT molecular complexity index is 1090. The summed E-state index contributed by atoms with van der Waals surface area (Å²) >= 11 is 0. The normalized spacial score (nSPS) is 13.9. The average molecular weight is 445 g/mol. The molecule has 0 spiro atoms. The largest absolute Gasteiger partial charge is 0.497 e. The molecule has 1 fully saturated rings. The summed E-state index contributed by atoms with van der Waals surface area (Å²) in [5.74, 6) is 2.53. The number of ether oxygens (including phenoxy) is 2. The first-order valence-electron chi connectivity index (χ1n) is 11.1. The number of piperazine rings is 1. The Hall–Kier alpha value is -3.87. The Kier molecular flexibility index (Phi) is 7.19. The fraction of sp³-hybridized carbons (Fsp3) is 0.269. The van der Waals surface area contributed by atoms with Crippen molar-refractivity contribution in [2.45, 2.75) is 6.92 Å². The third-order valence-electron chi connectivity index (χ3n) is 5.56. The summed E-state index contributed by atoms with van der Waals surface area (Å²) in [7, 11) is 1.64. The summed E-state index contributed by atoms with van der Waals surface area (Å²) in [4.78, 5) is 25.6. The van der Waals surface area contributed by atoms with E-state index >= 15 is 0 Å². The predicted molar refractivity (Wildman–Crippen MR) is 129 cm³/mol. The zero-order valence-electron chi connectivity index (χ0n) is 19.0. The van der Waals surface area contributed by atoms with E-state index in [9.17, 15) is 4.79 Å². The number of benzene rings is 2. The molecule has 2 aromatic carbocycles. The number of methoxy groups -OCH3 is 1. The van der Waals surface area contributed by atoms with Crippen molar-refractivity contribution >= 4 is 17.8 Å². The number of nitrogens with zero attached hydrogens (tertiary/aromatic N) is 4. The van der Waals surface area contributed by atoms with Crippen LogP contribution in [0.3, 0.4) is 0 Å². The number of anilines is 1. The van der Waals surface area contributed by atoms with Crippen LogP contribution >= 0.6 is 0 Å². The number of hydrogen-bond donors (Lipinski definition) is 0. The summed E-state index contributed by atoms with van der Waals surface area (Å²) < 4.78 is 10.7. The third kappa shape index (κ3) is 5.68. The molecule has 7 nitrogen and oxygen atoms in total. The maximum atomic E-state index is 12.6. The highest BCUT2D eigenvalue weighted by Crippen LogP contribution is 2.24. The highest BCUT2D eigenvalue weighted by molar-refractivity contribution is 5.92. The SMILES string of the molecule is CCOc1ccc(-c2cc(N3CCN(C(=O)/C=C\c4ccc(OC)cc4)CC3)ncn2)cc1. The molecule has 0 aliphatic carbocycles. The molecular formula is C26H28N4O3. The van der Waals surface area contributed by atoms with E-state index in [4.69, 9.17) is 9.47 Å². The van der Waals surface area contributed by atoms with E-state index in [0.717, 1.165) is 47.2 Å². The van der Waals surface area contributed by atoms with E-state index in [-0.39, 0.29) is 5.91 Å². The Morgan fingerprint density at radius 1 is 0.970 bits per heavy atom. The van der Waals surface area contributed by atoms with Crippen molar-refractivity contribution < 1.29 is 14.3 Å². The number of rotatable bonds is 7. The van der Waals surface area contributed by atoms with E-state index in [1.807, 2.05) is 72.5 Å². The number of carbonyl (C=O) groups is 1. The van der Waals surface area contributed by atoms with Crippen molar-refractivity contribution in [1.29, 1.82) is 0 Å². The van der Waals surface area contributed by atoms with Gasteiger partial charge in [0.1, 0.15) is 23.6 Å². The molecule has 0 radical (unpaired) electrons. The lowest BCUT2D eigenvalue weighted by molar-refractivity contribution is -0.126. The van der Waals surface area contributed by atoms with Crippen LogP contribution in [0.15, 0.2) is 67.0 Å². The molecule has 3 aromatic rings. The van der Waals surface area contributed by atoms with Gasteiger partial charge in [0.05, 0.1) is 19.4 Å². The van der Waals surface area contributed by atoms with Gasteiger partial charge >= 0.3 is 0 Å². The smallest absolute Gasteiger partial charge is 0.246 e. The minimum atomic E-state index is 0.0169. The van der Waals surface area contributed by atoms with Crippen molar-refractivity contribution in [3.05, 3.63) is 72.6 Å². The maximum absolute atomic E-state index is 12.6. The number of carbonyl (C=O) groups excluding carboxylic acids is 1. The molecule has 170 valence electrons. The molecule has 1 amide bonds. The second-order valence-corrected chi connectivity index (χ2v) is 7.64. The van der Waals surface area contributed by atoms with E-state index in [1.54, 1.807) is 19.5 Å². The van der Waals surface area contributed by atoms with Gasteiger partial charge in [0.25, 0.3) is 0 Å². The van der Waals surface area contributed by atoms with Gasteiger partial charge in [-0.15, -0.1) is 0 Å². The first-order valence-corrected chi connectivity index (χ1v) is 11.1. The summed E-state index contributed by atoms with van der Waals surface area (Å²) in [5.41, 5.74) is 2.84. The van der Waals surface area contributed by atoms with E-state index in [0.29, 0.717) is 19.7 Å². The zero-order valence-corrected chi connectivity index (χ0v) is 19.0. The Morgan fingerprint density at radius 2 is 1.67 bits per heavy atom. The molecule has 33 heavy (non-hydrogen) atoms. The van der Waals surface area contributed by atoms with Crippen LogP contribution in [0.1, 0.15) is 12.5 Å². The molecule has 0 N–H and O–H groups in total. The van der Waals surface area contributed by atoms with Gasteiger partial charge in [0, 0.05) is 43.9 Å². The van der Waals surface area contributed by atoms with Crippen LogP contribution in [0.5, 0.6) is 11.5 Å². The standard InChI is InChI=1S/C26H28N4O3/c1-3-33-23-11-7-21(8-12-23)24-18-25(28-19-27-24)29-14-16-30(17-15-29)26(31)13-6-20-4-9-22(32-2)10-5-20/h4-13,18-19H,3,14-17H2,1-2H3/b13-6-. The maximum Gasteiger partial charge on any atom is 0.246 e. The highest BCUT2D eigenvalue weighted by Gasteiger charge is 2.21. The zero-order chi connectivity index (χ0) is 23.0. The molecule has 4 rings (SSSR count). The topological polar surface area (TPSA) is 67.8 Å². The monoisotopic (exact) mass is 444 g/mol. The second-order valence-electron chi connectivity index (χ2n) is 7.64. The number of hydrogen-bond acceptors (Lipinski definition) is 6. The first-order chi connectivity index (χ1) is 16.2. The lowest BCUT2D eigenvalue weighted by atomic mass is 10.1. The van der Waals surface area contributed by atoms with Crippen LogP contribution < -0.4 is 14.4 Å². The predicted octanol–water partition coefficient (Wildman–Crippen LogP) is 3.91. The van der Waals surface area contributed by atoms with Crippen LogP contribution in [0.2, 0.25) is 0 Å². The molecule has 0 unspecified atom stereocenters. The van der Waals surface area contributed by atoms with Gasteiger partial charge in [0.15, 0.2) is 0 Å². The van der Waals surface area contributed by atoms with Gasteiger partial charge in [-0.1, -0.05) is 12.1 Å². The quantitative estimate of drug-likeness (QED) is 0.515. The highest BCUT2D eigenvalue weighted by atomic mass is 16.5. The molecule has 1 saturated heterocycles. The van der Waals surface area contributed by atoms with Crippen molar-refractivity contribution in [3.63, 3.8) is 0 Å². The summed E-state index contributed by atoms with van der Waals surface area (Å²) in [6, 6.07) is 17.5. The van der Waals surface area contributed by atoms with Crippen molar-refractivity contribution in [1.82, 2.24) is 14.9 Å². The van der Waals surface area contributed by atoms with Crippen LogP contribution in [0.4, 0.5) is 5.82 Å². The Morgan fingerprint density at radius 3 is 2.33 bits per heavy atom. The van der Waals surface area contributed by atoms with Crippen molar-refractivity contribution in [2.24, 2.45) is 0 Å². The molecule has 2 heterocycles. The number of amides is 1. The average Bonchev–Trinajstić information content (AvgIpc) is 2.88. The van der Waals surface area contributed by atoms with Crippen LogP contribution in [-0.4, -0.2) is 60.7 Å². The molecule has 1 aliphatic heterocycles. The van der Waals surface area contributed by atoms with E-state index in [2.05, 4.69) is 14.9 Å². The van der Waals surface area contributed by atoms with E-state index in [1.165, 1.54) is 0 Å². The summed E-state index contributed by atoms with van der Waals surface area (Å²) in [5, 5.41) is 0.